The first kappa shape index (κ1) is 22.6. The standard InChI is InChI=1S/C26H34F2O2/c1-3-5-6-7-19-8-12-21(13-9-19)22-14-10-20(11-15-22)18-30-24-17-16-23(29-4-2)25(27)26(24)28/h10-11,14-17,19,21H,3-9,12-13,18H2,1-2H3. The average Bonchev–Trinajstić information content (AvgIpc) is 2.78. The lowest BCUT2D eigenvalue weighted by atomic mass is 9.77. The minimum absolute atomic E-state index is 0.0909. The SMILES string of the molecule is CCCCCC1CCC(c2ccc(COc3ccc(OCC)c(F)c3F)cc2)CC1. The molecule has 1 saturated carbocycles. The summed E-state index contributed by atoms with van der Waals surface area (Å²) < 4.78 is 38.7. The van der Waals surface area contributed by atoms with Crippen LogP contribution in [0.1, 0.15) is 82.3 Å². The molecule has 0 aliphatic heterocycles. The molecule has 0 amide bonds. The molecule has 1 fully saturated rings. The van der Waals surface area contributed by atoms with Gasteiger partial charge in [0.1, 0.15) is 6.61 Å². The Hall–Kier alpha value is -2.10. The van der Waals surface area contributed by atoms with Gasteiger partial charge in [0.25, 0.3) is 0 Å². The minimum atomic E-state index is -1.01. The van der Waals surface area contributed by atoms with Crippen LogP contribution in [0.5, 0.6) is 11.5 Å². The summed E-state index contributed by atoms with van der Waals surface area (Å²) in [6.45, 7) is 4.47. The van der Waals surface area contributed by atoms with E-state index in [-0.39, 0.29) is 24.7 Å². The molecule has 0 heterocycles. The molecule has 0 unspecified atom stereocenters. The van der Waals surface area contributed by atoms with Gasteiger partial charge >= 0.3 is 0 Å². The van der Waals surface area contributed by atoms with Crippen molar-refractivity contribution < 1.29 is 18.3 Å². The Morgan fingerprint density at radius 3 is 2.03 bits per heavy atom. The van der Waals surface area contributed by atoms with Crippen LogP contribution in [-0.4, -0.2) is 6.61 Å². The van der Waals surface area contributed by atoms with Crippen molar-refractivity contribution >= 4 is 0 Å². The highest BCUT2D eigenvalue weighted by Crippen LogP contribution is 2.38. The predicted octanol–water partition coefficient (Wildman–Crippen LogP) is 7.80. The summed E-state index contributed by atoms with van der Waals surface area (Å²) in [4.78, 5) is 0. The van der Waals surface area contributed by atoms with E-state index in [2.05, 4.69) is 19.1 Å². The quantitative estimate of drug-likeness (QED) is 0.368. The third kappa shape index (κ3) is 5.96. The Balaban J connectivity index is 1.50. The van der Waals surface area contributed by atoms with Gasteiger partial charge in [-0.2, -0.15) is 8.78 Å². The molecule has 4 heteroatoms. The first-order chi connectivity index (χ1) is 14.6. The Morgan fingerprint density at radius 1 is 0.800 bits per heavy atom. The van der Waals surface area contributed by atoms with Crippen LogP contribution in [0.15, 0.2) is 36.4 Å². The molecule has 0 spiro atoms. The highest BCUT2D eigenvalue weighted by atomic mass is 19.2. The third-order valence-corrected chi connectivity index (χ3v) is 6.22. The van der Waals surface area contributed by atoms with Crippen molar-refractivity contribution in [2.75, 3.05) is 6.61 Å². The second kappa shape index (κ2) is 11.3. The van der Waals surface area contributed by atoms with Gasteiger partial charge in [-0.25, -0.2) is 0 Å². The number of halogens is 2. The van der Waals surface area contributed by atoms with Crippen molar-refractivity contribution in [2.45, 2.75) is 77.7 Å². The highest BCUT2D eigenvalue weighted by molar-refractivity contribution is 5.35. The van der Waals surface area contributed by atoms with Gasteiger partial charge in [0.05, 0.1) is 6.61 Å². The van der Waals surface area contributed by atoms with Gasteiger partial charge in [-0.3, -0.25) is 0 Å². The van der Waals surface area contributed by atoms with Crippen LogP contribution in [0.2, 0.25) is 0 Å². The largest absolute Gasteiger partial charge is 0.491 e. The van der Waals surface area contributed by atoms with Gasteiger partial charge in [-0.05, 0) is 67.7 Å². The molecule has 0 bridgehead atoms. The van der Waals surface area contributed by atoms with Crippen molar-refractivity contribution in [3.05, 3.63) is 59.2 Å². The molecule has 30 heavy (non-hydrogen) atoms. The molecule has 164 valence electrons. The van der Waals surface area contributed by atoms with E-state index < -0.39 is 11.6 Å². The number of rotatable bonds is 10. The summed E-state index contributed by atoms with van der Waals surface area (Å²) in [6.07, 6.45) is 10.6. The minimum Gasteiger partial charge on any atom is -0.491 e. The van der Waals surface area contributed by atoms with E-state index in [0.29, 0.717) is 5.92 Å². The molecule has 0 N–H and O–H groups in total. The van der Waals surface area contributed by atoms with E-state index in [4.69, 9.17) is 9.47 Å². The van der Waals surface area contributed by atoms with Crippen LogP contribution in [0.25, 0.3) is 0 Å². The van der Waals surface area contributed by atoms with Gasteiger partial charge in [-0.15, -0.1) is 0 Å². The first-order valence-electron chi connectivity index (χ1n) is 11.4. The second-order valence-corrected chi connectivity index (χ2v) is 8.37. The van der Waals surface area contributed by atoms with Crippen LogP contribution < -0.4 is 9.47 Å². The highest BCUT2D eigenvalue weighted by Gasteiger charge is 2.22. The van der Waals surface area contributed by atoms with Crippen LogP contribution in [0.3, 0.4) is 0 Å². The summed E-state index contributed by atoms with van der Waals surface area (Å²) in [5, 5.41) is 0. The molecule has 1 aliphatic rings. The number of ether oxygens (including phenoxy) is 2. The average molecular weight is 417 g/mol. The molecule has 0 radical (unpaired) electrons. The molecule has 1 aliphatic carbocycles. The normalized spacial score (nSPS) is 18.9. The van der Waals surface area contributed by atoms with E-state index in [1.165, 1.54) is 69.1 Å². The van der Waals surface area contributed by atoms with Gasteiger partial charge in [-0.1, -0.05) is 56.9 Å². The zero-order chi connectivity index (χ0) is 21.3. The lowest BCUT2D eigenvalue weighted by Gasteiger charge is -2.29. The third-order valence-electron chi connectivity index (χ3n) is 6.22. The second-order valence-electron chi connectivity index (χ2n) is 8.37. The van der Waals surface area contributed by atoms with Gasteiger partial charge < -0.3 is 9.47 Å². The number of unbranched alkanes of at least 4 members (excludes halogenated alkanes) is 2. The molecule has 2 aromatic carbocycles. The lowest BCUT2D eigenvalue weighted by molar-refractivity contribution is 0.274. The Kier molecular flexibility index (Phi) is 8.53. The van der Waals surface area contributed by atoms with Crippen LogP contribution >= 0.6 is 0 Å². The maximum Gasteiger partial charge on any atom is 0.204 e. The molecule has 2 aromatic rings. The number of benzene rings is 2. The zero-order valence-electron chi connectivity index (χ0n) is 18.3. The van der Waals surface area contributed by atoms with E-state index >= 15 is 0 Å². The van der Waals surface area contributed by atoms with Gasteiger partial charge in [0.15, 0.2) is 11.5 Å². The molecule has 0 atom stereocenters. The Bertz CT molecular complexity index is 780. The van der Waals surface area contributed by atoms with Gasteiger partial charge in [0, 0.05) is 0 Å². The van der Waals surface area contributed by atoms with Crippen molar-refractivity contribution in [1.82, 2.24) is 0 Å². The topological polar surface area (TPSA) is 18.5 Å². The van der Waals surface area contributed by atoms with Crippen molar-refractivity contribution in [3.8, 4) is 11.5 Å². The van der Waals surface area contributed by atoms with E-state index in [1.54, 1.807) is 6.92 Å². The van der Waals surface area contributed by atoms with Crippen molar-refractivity contribution in [1.29, 1.82) is 0 Å². The fourth-order valence-corrected chi connectivity index (χ4v) is 4.41. The lowest BCUT2D eigenvalue weighted by Crippen LogP contribution is -2.13. The zero-order valence-corrected chi connectivity index (χ0v) is 18.3. The fraction of sp³-hybridized carbons (Fsp3) is 0.538. The maximum atomic E-state index is 14.1. The summed E-state index contributed by atoms with van der Waals surface area (Å²) in [5.41, 5.74) is 2.32. The fourth-order valence-electron chi connectivity index (χ4n) is 4.41. The van der Waals surface area contributed by atoms with Crippen LogP contribution in [0, 0.1) is 17.6 Å². The summed E-state index contributed by atoms with van der Waals surface area (Å²) in [5.74, 6) is -0.651. The Morgan fingerprint density at radius 2 is 1.43 bits per heavy atom. The predicted molar refractivity (Wildman–Crippen MR) is 117 cm³/mol. The molecule has 2 nitrogen and oxygen atoms in total. The smallest absolute Gasteiger partial charge is 0.204 e. The monoisotopic (exact) mass is 416 g/mol. The molecule has 0 aromatic heterocycles. The van der Waals surface area contributed by atoms with Gasteiger partial charge in [0.2, 0.25) is 11.6 Å². The summed E-state index contributed by atoms with van der Waals surface area (Å²) in [7, 11) is 0. The molecule has 0 saturated heterocycles. The first-order valence-corrected chi connectivity index (χ1v) is 11.4. The molecular weight excluding hydrogens is 382 g/mol. The maximum absolute atomic E-state index is 14.1. The molecule has 3 rings (SSSR count). The van der Waals surface area contributed by atoms with E-state index in [1.807, 2.05) is 12.1 Å². The van der Waals surface area contributed by atoms with Crippen LogP contribution in [-0.2, 0) is 6.61 Å². The van der Waals surface area contributed by atoms with E-state index in [9.17, 15) is 8.78 Å². The van der Waals surface area contributed by atoms with Crippen molar-refractivity contribution in [2.24, 2.45) is 5.92 Å². The van der Waals surface area contributed by atoms with E-state index in [0.717, 1.165) is 11.5 Å². The summed E-state index contributed by atoms with van der Waals surface area (Å²) >= 11 is 0. The summed E-state index contributed by atoms with van der Waals surface area (Å²) in [6, 6.07) is 11.2. The molecular formula is C26H34F2O2. The Labute approximate surface area is 179 Å². The van der Waals surface area contributed by atoms with Crippen molar-refractivity contribution in [3.63, 3.8) is 0 Å². The van der Waals surface area contributed by atoms with Crippen LogP contribution in [0.4, 0.5) is 8.78 Å². The number of hydrogen-bond acceptors (Lipinski definition) is 2. The number of hydrogen-bond donors (Lipinski definition) is 0.